The first-order valence-electron chi connectivity index (χ1n) is 4.51. The van der Waals surface area contributed by atoms with Crippen molar-refractivity contribution in [2.75, 3.05) is 13.7 Å². The van der Waals surface area contributed by atoms with E-state index in [0.29, 0.717) is 17.6 Å². The van der Waals surface area contributed by atoms with E-state index in [1.807, 2.05) is 6.92 Å². The molecule has 0 fully saturated rings. The van der Waals surface area contributed by atoms with Gasteiger partial charge in [0.05, 0.1) is 20.1 Å². The van der Waals surface area contributed by atoms with Crippen molar-refractivity contribution < 1.29 is 14.3 Å². The average molecular weight is 230 g/mol. The normalized spacial score (nSPS) is 9.80. The molecule has 82 valence electrons. The highest BCUT2D eigenvalue weighted by molar-refractivity contribution is 6.29. The molecular formula is C10H12ClNO3. The van der Waals surface area contributed by atoms with Crippen LogP contribution in [0.3, 0.4) is 0 Å². The van der Waals surface area contributed by atoms with E-state index in [9.17, 15) is 4.79 Å². The molecule has 1 heterocycles. The van der Waals surface area contributed by atoms with Crippen molar-refractivity contribution in [2.45, 2.75) is 13.3 Å². The monoisotopic (exact) mass is 229 g/mol. The van der Waals surface area contributed by atoms with Crippen molar-refractivity contribution in [3.63, 3.8) is 0 Å². The molecule has 0 aliphatic heterocycles. The number of nitrogens with zero attached hydrogens (tertiary/aromatic N) is 1. The van der Waals surface area contributed by atoms with Crippen LogP contribution in [0.25, 0.3) is 0 Å². The number of halogens is 1. The maximum Gasteiger partial charge on any atom is 0.309 e. The summed E-state index contributed by atoms with van der Waals surface area (Å²) in [7, 11) is 1.34. The molecule has 0 saturated carbocycles. The Hall–Kier alpha value is -1.29. The maximum atomic E-state index is 11.0. The van der Waals surface area contributed by atoms with E-state index in [2.05, 4.69) is 9.72 Å². The number of hydrogen-bond donors (Lipinski definition) is 0. The third kappa shape index (κ3) is 3.75. The summed E-state index contributed by atoms with van der Waals surface area (Å²) in [4.78, 5) is 15.0. The van der Waals surface area contributed by atoms with Crippen LogP contribution in [-0.4, -0.2) is 24.7 Å². The SMILES string of the molecule is CCOc1cc(CC(=O)OC)cc(Cl)n1. The van der Waals surface area contributed by atoms with Gasteiger partial charge in [0.1, 0.15) is 5.15 Å². The van der Waals surface area contributed by atoms with Crippen LogP contribution in [0.15, 0.2) is 12.1 Å². The fourth-order valence-corrected chi connectivity index (χ4v) is 1.31. The highest BCUT2D eigenvalue weighted by Crippen LogP contribution is 2.17. The molecule has 1 aromatic rings. The standard InChI is InChI=1S/C10H12ClNO3/c1-3-15-9-5-7(4-8(11)12-9)6-10(13)14-2/h4-5H,3,6H2,1-2H3. The molecule has 4 nitrogen and oxygen atoms in total. The van der Waals surface area contributed by atoms with Gasteiger partial charge in [-0.3, -0.25) is 4.79 Å². The predicted molar refractivity (Wildman–Crippen MR) is 56.1 cm³/mol. The molecule has 0 amide bonds. The second-order valence-electron chi connectivity index (χ2n) is 2.82. The molecule has 0 unspecified atom stereocenters. The Morgan fingerprint density at radius 2 is 2.27 bits per heavy atom. The molecular weight excluding hydrogens is 218 g/mol. The Kier molecular flexibility index (Phi) is 4.37. The molecule has 0 N–H and O–H groups in total. The maximum absolute atomic E-state index is 11.0. The summed E-state index contributed by atoms with van der Waals surface area (Å²) >= 11 is 5.77. The van der Waals surface area contributed by atoms with Gasteiger partial charge in [-0.25, -0.2) is 4.98 Å². The van der Waals surface area contributed by atoms with Gasteiger partial charge in [0.25, 0.3) is 0 Å². The van der Waals surface area contributed by atoms with Gasteiger partial charge in [-0.1, -0.05) is 11.6 Å². The summed E-state index contributed by atoms with van der Waals surface area (Å²) in [5, 5.41) is 0.305. The summed E-state index contributed by atoms with van der Waals surface area (Å²) in [6.45, 7) is 2.35. The van der Waals surface area contributed by atoms with Crippen molar-refractivity contribution in [1.82, 2.24) is 4.98 Å². The first-order chi connectivity index (χ1) is 7.15. The van der Waals surface area contributed by atoms with Gasteiger partial charge < -0.3 is 9.47 Å². The van der Waals surface area contributed by atoms with E-state index in [-0.39, 0.29) is 12.4 Å². The predicted octanol–water partition coefficient (Wildman–Crippen LogP) is 1.85. The summed E-state index contributed by atoms with van der Waals surface area (Å²) in [5.41, 5.74) is 0.727. The lowest BCUT2D eigenvalue weighted by atomic mass is 10.2. The number of hydrogen-bond acceptors (Lipinski definition) is 4. The number of aromatic nitrogens is 1. The molecule has 15 heavy (non-hydrogen) atoms. The van der Waals surface area contributed by atoms with E-state index in [4.69, 9.17) is 16.3 Å². The van der Waals surface area contributed by atoms with Crippen LogP contribution >= 0.6 is 11.6 Å². The van der Waals surface area contributed by atoms with Crippen molar-refractivity contribution in [2.24, 2.45) is 0 Å². The number of methoxy groups -OCH3 is 1. The van der Waals surface area contributed by atoms with Crippen molar-refractivity contribution in [3.05, 3.63) is 22.8 Å². The molecule has 1 rings (SSSR count). The minimum Gasteiger partial charge on any atom is -0.478 e. The van der Waals surface area contributed by atoms with Crippen molar-refractivity contribution in [3.8, 4) is 5.88 Å². The van der Waals surface area contributed by atoms with Gasteiger partial charge in [-0.15, -0.1) is 0 Å². The van der Waals surface area contributed by atoms with Gasteiger partial charge in [-0.05, 0) is 18.6 Å². The third-order valence-electron chi connectivity index (χ3n) is 1.70. The number of pyridine rings is 1. The molecule has 0 atom stereocenters. The van der Waals surface area contributed by atoms with Gasteiger partial charge in [0, 0.05) is 6.07 Å². The second-order valence-corrected chi connectivity index (χ2v) is 3.21. The first kappa shape index (κ1) is 11.8. The zero-order chi connectivity index (χ0) is 11.3. The molecule has 0 aliphatic carbocycles. The average Bonchev–Trinajstić information content (AvgIpc) is 2.17. The third-order valence-corrected chi connectivity index (χ3v) is 1.89. The molecule has 0 aliphatic rings. The minimum absolute atomic E-state index is 0.165. The molecule has 0 radical (unpaired) electrons. The molecule has 0 aromatic carbocycles. The topological polar surface area (TPSA) is 48.4 Å². The molecule has 0 spiro atoms. The molecule has 0 bridgehead atoms. The van der Waals surface area contributed by atoms with E-state index in [1.54, 1.807) is 12.1 Å². The number of carbonyl (C=O) groups excluding carboxylic acids is 1. The lowest BCUT2D eigenvalue weighted by Crippen LogP contribution is -2.05. The zero-order valence-electron chi connectivity index (χ0n) is 8.62. The smallest absolute Gasteiger partial charge is 0.309 e. The molecule has 1 aromatic heterocycles. The molecule has 5 heteroatoms. The number of esters is 1. The molecule has 0 saturated heterocycles. The van der Waals surface area contributed by atoms with Crippen molar-refractivity contribution in [1.29, 1.82) is 0 Å². The zero-order valence-corrected chi connectivity index (χ0v) is 9.37. The van der Waals surface area contributed by atoms with Crippen LogP contribution in [0.1, 0.15) is 12.5 Å². The fraction of sp³-hybridized carbons (Fsp3) is 0.400. The highest BCUT2D eigenvalue weighted by atomic mass is 35.5. The largest absolute Gasteiger partial charge is 0.478 e. The minimum atomic E-state index is -0.320. The van der Waals surface area contributed by atoms with E-state index in [1.165, 1.54) is 7.11 Å². The van der Waals surface area contributed by atoms with Crippen molar-refractivity contribution >= 4 is 17.6 Å². The van der Waals surface area contributed by atoms with Crippen LogP contribution in [0, 0.1) is 0 Å². The lowest BCUT2D eigenvalue weighted by Gasteiger charge is -2.05. The second kappa shape index (κ2) is 5.56. The van der Waals surface area contributed by atoms with E-state index >= 15 is 0 Å². The van der Waals surface area contributed by atoms with Gasteiger partial charge >= 0.3 is 5.97 Å². The lowest BCUT2D eigenvalue weighted by molar-refractivity contribution is -0.139. The number of rotatable bonds is 4. The van der Waals surface area contributed by atoms with Crippen LogP contribution in [0.2, 0.25) is 5.15 Å². The van der Waals surface area contributed by atoms with Crippen LogP contribution < -0.4 is 4.74 Å². The Labute approximate surface area is 93.2 Å². The summed E-state index contributed by atoms with van der Waals surface area (Å²) < 4.78 is 9.75. The van der Waals surface area contributed by atoms with Gasteiger partial charge in [-0.2, -0.15) is 0 Å². The van der Waals surface area contributed by atoms with E-state index in [0.717, 1.165) is 5.56 Å². The number of ether oxygens (including phenoxy) is 2. The van der Waals surface area contributed by atoms with E-state index < -0.39 is 0 Å². The van der Waals surface area contributed by atoms with Gasteiger partial charge in [0.15, 0.2) is 0 Å². The van der Waals surface area contributed by atoms with Gasteiger partial charge in [0.2, 0.25) is 5.88 Å². The highest BCUT2D eigenvalue weighted by Gasteiger charge is 2.06. The Morgan fingerprint density at radius 1 is 1.53 bits per heavy atom. The Morgan fingerprint density at radius 3 is 2.87 bits per heavy atom. The van der Waals surface area contributed by atoms with Crippen LogP contribution in [-0.2, 0) is 16.0 Å². The number of carbonyl (C=O) groups is 1. The Bertz CT molecular complexity index is 355. The summed E-state index contributed by atoms with van der Waals surface area (Å²) in [5.74, 6) is 0.101. The Balaban J connectivity index is 2.83. The summed E-state index contributed by atoms with van der Waals surface area (Å²) in [6.07, 6.45) is 0.165. The van der Waals surface area contributed by atoms with Crippen LogP contribution in [0.4, 0.5) is 0 Å². The fourth-order valence-electron chi connectivity index (χ4n) is 1.09. The summed E-state index contributed by atoms with van der Waals surface area (Å²) in [6, 6.07) is 3.29. The van der Waals surface area contributed by atoms with Crippen LogP contribution in [0.5, 0.6) is 5.88 Å². The quantitative estimate of drug-likeness (QED) is 0.584. The first-order valence-corrected chi connectivity index (χ1v) is 4.89.